The van der Waals surface area contributed by atoms with Crippen LogP contribution in [0.25, 0.3) is 11.1 Å². The van der Waals surface area contributed by atoms with Crippen molar-refractivity contribution < 1.29 is 13.2 Å². The Labute approximate surface area is 177 Å². The number of aromatic nitrogens is 1. The average molecular weight is 424 g/mol. The minimum absolute atomic E-state index is 0.194. The Morgan fingerprint density at radius 2 is 1.67 bits per heavy atom. The second-order valence-corrected chi connectivity index (χ2v) is 9.42. The number of aryl methyl sites for hydroxylation is 1. The van der Waals surface area contributed by atoms with Crippen LogP contribution in [0, 0.1) is 6.92 Å². The highest BCUT2D eigenvalue weighted by Crippen LogP contribution is 2.28. The van der Waals surface area contributed by atoms with Crippen LogP contribution in [0.2, 0.25) is 0 Å². The predicted molar refractivity (Wildman–Crippen MR) is 119 cm³/mol. The number of pyridine rings is 1. The number of sulfonamides is 1. The van der Waals surface area contributed by atoms with Crippen molar-refractivity contribution in [2.45, 2.75) is 38.1 Å². The Hall–Kier alpha value is -3.03. The molecule has 1 heterocycles. The maximum Gasteiger partial charge on any atom is 0.241 e. The summed E-state index contributed by atoms with van der Waals surface area (Å²) in [6.07, 6.45) is 1.62. The fraction of sp³-hybridized carbons (Fsp3) is 0.217. The van der Waals surface area contributed by atoms with Crippen LogP contribution in [-0.2, 0) is 20.4 Å². The van der Waals surface area contributed by atoms with E-state index in [0.717, 1.165) is 22.3 Å². The number of benzene rings is 2. The second-order valence-electron chi connectivity index (χ2n) is 7.74. The zero-order valence-corrected chi connectivity index (χ0v) is 18.2. The van der Waals surface area contributed by atoms with E-state index in [-0.39, 0.29) is 10.8 Å². The highest BCUT2D eigenvalue weighted by Gasteiger charge is 2.28. The summed E-state index contributed by atoms with van der Waals surface area (Å²) >= 11 is 0. The number of rotatable bonds is 6. The Morgan fingerprint density at radius 1 is 0.967 bits per heavy atom. The van der Waals surface area contributed by atoms with Gasteiger partial charge in [0, 0.05) is 13.1 Å². The van der Waals surface area contributed by atoms with Gasteiger partial charge in [-0.1, -0.05) is 30.3 Å². The largest absolute Gasteiger partial charge is 0.311 e. The number of hydrogen-bond acceptors (Lipinski definition) is 4. The molecule has 0 fully saturated rings. The monoisotopic (exact) mass is 423 g/mol. The average Bonchev–Trinajstić information content (AvgIpc) is 2.67. The molecule has 3 aromatic rings. The van der Waals surface area contributed by atoms with E-state index in [0.29, 0.717) is 5.82 Å². The lowest BCUT2D eigenvalue weighted by Gasteiger charge is -2.27. The molecule has 3 rings (SSSR count). The Bertz CT molecular complexity index is 1190. The molecule has 0 spiro atoms. The van der Waals surface area contributed by atoms with Gasteiger partial charge in [-0.2, -0.15) is 0 Å². The molecule has 0 unspecified atom stereocenters. The Kier molecular flexibility index (Phi) is 6.05. The fourth-order valence-electron chi connectivity index (χ4n) is 3.18. The van der Waals surface area contributed by atoms with Gasteiger partial charge in [0.2, 0.25) is 15.9 Å². The summed E-state index contributed by atoms with van der Waals surface area (Å²) in [4.78, 5) is 15.7. The molecular formula is C23H25N3O3S. The Balaban J connectivity index is 1.92. The third kappa shape index (κ3) is 5.11. The van der Waals surface area contributed by atoms with Gasteiger partial charge in [0.25, 0.3) is 0 Å². The number of carbonyl (C=O) groups excluding carboxylic acids is 1. The third-order valence-electron chi connectivity index (χ3n) is 4.67. The normalized spacial score (nSPS) is 11.9. The van der Waals surface area contributed by atoms with Crippen molar-refractivity contribution in [3.63, 3.8) is 0 Å². The van der Waals surface area contributed by atoms with Crippen molar-refractivity contribution in [3.8, 4) is 11.1 Å². The van der Waals surface area contributed by atoms with E-state index >= 15 is 0 Å². The number of anilines is 1. The number of amides is 1. The van der Waals surface area contributed by atoms with Crippen LogP contribution < -0.4 is 10.0 Å². The number of carbonyl (C=O) groups is 1. The molecule has 156 valence electrons. The van der Waals surface area contributed by atoms with Crippen molar-refractivity contribution in [2.24, 2.45) is 0 Å². The lowest BCUT2D eigenvalue weighted by atomic mass is 9.92. The van der Waals surface area contributed by atoms with Gasteiger partial charge in [0.05, 0.1) is 10.4 Å². The molecule has 1 aromatic heterocycles. The summed E-state index contributed by atoms with van der Waals surface area (Å²) < 4.78 is 28.6. The molecule has 2 aromatic carbocycles. The van der Waals surface area contributed by atoms with Gasteiger partial charge in [-0.05, 0) is 73.4 Å². The van der Waals surface area contributed by atoms with Gasteiger partial charge in [0.1, 0.15) is 5.82 Å². The van der Waals surface area contributed by atoms with Gasteiger partial charge in [-0.25, -0.2) is 18.1 Å². The van der Waals surface area contributed by atoms with E-state index < -0.39 is 15.6 Å². The summed E-state index contributed by atoms with van der Waals surface area (Å²) in [5, 5.41) is 2.67. The first-order valence-electron chi connectivity index (χ1n) is 9.52. The van der Waals surface area contributed by atoms with Crippen LogP contribution >= 0.6 is 0 Å². The lowest BCUT2D eigenvalue weighted by Crippen LogP contribution is -2.40. The SMILES string of the molecule is CC(=O)Nc1cc(-c2cccc(C(C)(C)NS(=O)(=O)c3cccc(C)c3)c2)ccn1. The summed E-state index contributed by atoms with van der Waals surface area (Å²) in [5.41, 5.74) is 2.61. The molecule has 0 aliphatic heterocycles. The molecule has 2 N–H and O–H groups in total. The standard InChI is InChI=1S/C23H25N3O3S/c1-16-7-5-10-21(13-16)30(28,29)26-23(3,4)20-9-6-8-18(14-20)19-11-12-24-22(15-19)25-17(2)27/h5-15,26H,1-4H3,(H,24,25,27). The van der Waals surface area contributed by atoms with Gasteiger partial charge in [-0.3, -0.25) is 4.79 Å². The summed E-state index contributed by atoms with van der Waals surface area (Å²) in [5.74, 6) is 0.268. The fourth-order valence-corrected chi connectivity index (χ4v) is 4.69. The van der Waals surface area contributed by atoms with Crippen molar-refractivity contribution in [3.05, 3.63) is 78.0 Å². The topological polar surface area (TPSA) is 88.2 Å². The van der Waals surface area contributed by atoms with Crippen molar-refractivity contribution in [1.29, 1.82) is 0 Å². The molecule has 0 aliphatic carbocycles. The molecule has 0 bridgehead atoms. The van der Waals surface area contributed by atoms with E-state index in [4.69, 9.17) is 0 Å². The molecule has 30 heavy (non-hydrogen) atoms. The predicted octanol–water partition coefficient (Wildman–Crippen LogP) is 4.23. The van der Waals surface area contributed by atoms with Gasteiger partial charge >= 0.3 is 0 Å². The lowest BCUT2D eigenvalue weighted by molar-refractivity contribution is -0.114. The van der Waals surface area contributed by atoms with E-state index in [1.54, 1.807) is 30.5 Å². The highest BCUT2D eigenvalue weighted by molar-refractivity contribution is 7.89. The first-order valence-corrected chi connectivity index (χ1v) is 11.0. The summed E-state index contributed by atoms with van der Waals surface area (Å²) in [7, 11) is -3.69. The highest BCUT2D eigenvalue weighted by atomic mass is 32.2. The quantitative estimate of drug-likeness (QED) is 0.621. The van der Waals surface area contributed by atoms with Crippen LogP contribution in [-0.4, -0.2) is 19.3 Å². The van der Waals surface area contributed by atoms with Crippen LogP contribution in [0.4, 0.5) is 5.82 Å². The second kappa shape index (κ2) is 8.38. The number of nitrogens with one attached hydrogen (secondary N) is 2. The smallest absolute Gasteiger partial charge is 0.241 e. The molecule has 0 aliphatic rings. The van der Waals surface area contributed by atoms with Crippen LogP contribution in [0.15, 0.2) is 71.8 Å². The number of nitrogens with zero attached hydrogens (tertiary/aromatic N) is 1. The van der Waals surface area contributed by atoms with E-state index in [9.17, 15) is 13.2 Å². The minimum Gasteiger partial charge on any atom is -0.311 e. The van der Waals surface area contributed by atoms with Crippen LogP contribution in [0.1, 0.15) is 31.9 Å². The Morgan fingerprint density at radius 3 is 2.37 bits per heavy atom. The maximum atomic E-state index is 12.9. The van der Waals surface area contributed by atoms with E-state index in [1.165, 1.54) is 6.92 Å². The van der Waals surface area contributed by atoms with Crippen molar-refractivity contribution >= 4 is 21.7 Å². The molecule has 0 saturated carbocycles. The van der Waals surface area contributed by atoms with Crippen LogP contribution in [0.5, 0.6) is 0 Å². The molecule has 1 amide bonds. The van der Waals surface area contributed by atoms with E-state index in [2.05, 4.69) is 15.0 Å². The van der Waals surface area contributed by atoms with Crippen molar-refractivity contribution in [2.75, 3.05) is 5.32 Å². The molecule has 6 nitrogen and oxygen atoms in total. The van der Waals surface area contributed by atoms with E-state index in [1.807, 2.05) is 57.2 Å². The molecular weight excluding hydrogens is 398 g/mol. The molecule has 0 radical (unpaired) electrons. The minimum atomic E-state index is -3.69. The van der Waals surface area contributed by atoms with Crippen molar-refractivity contribution in [1.82, 2.24) is 9.71 Å². The zero-order chi connectivity index (χ0) is 21.9. The third-order valence-corrected chi connectivity index (χ3v) is 6.32. The molecule has 0 saturated heterocycles. The van der Waals surface area contributed by atoms with Gasteiger partial charge < -0.3 is 5.32 Å². The summed E-state index contributed by atoms with van der Waals surface area (Å²) in [6.45, 7) is 6.94. The first kappa shape index (κ1) is 21.7. The molecule has 0 atom stereocenters. The first-order chi connectivity index (χ1) is 14.1. The number of hydrogen-bond donors (Lipinski definition) is 2. The zero-order valence-electron chi connectivity index (χ0n) is 17.4. The maximum absolute atomic E-state index is 12.9. The van der Waals surface area contributed by atoms with Gasteiger partial charge in [-0.15, -0.1) is 0 Å². The summed E-state index contributed by atoms with van der Waals surface area (Å²) in [6, 6.07) is 18.1. The van der Waals surface area contributed by atoms with Crippen LogP contribution in [0.3, 0.4) is 0 Å². The van der Waals surface area contributed by atoms with Gasteiger partial charge in [0.15, 0.2) is 0 Å². The molecule has 7 heteroatoms.